The highest BCUT2D eigenvalue weighted by atomic mass is 16.5. The molecule has 0 unspecified atom stereocenters. The van der Waals surface area contributed by atoms with Gasteiger partial charge in [-0.1, -0.05) is 0 Å². The summed E-state index contributed by atoms with van der Waals surface area (Å²) in [6, 6.07) is 0. The van der Waals surface area contributed by atoms with Crippen molar-refractivity contribution in [1.82, 2.24) is 15.2 Å². The highest BCUT2D eigenvalue weighted by Crippen LogP contribution is 2.08. The van der Waals surface area contributed by atoms with Gasteiger partial charge in [0.25, 0.3) is 0 Å². The van der Waals surface area contributed by atoms with Crippen LogP contribution in [0.25, 0.3) is 0 Å². The number of fused-ring (bicyclic) bond motifs is 1. The third-order valence-corrected chi connectivity index (χ3v) is 1.73. The van der Waals surface area contributed by atoms with E-state index in [1.807, 2.05) is 0 Å². The van der Waals surface area contributed by atoms with E-state index in [1.165, 1.54) is 0 Å². The Bertz CT molecular complexity index is 528. The monoisotopic (exact) mass is 193 g/mol. The van der Waals surface area contributed by atoms with E-state index in [-0.39, 0.29) is 10.5 Å². The van der Waals surface area contributed by atoms with Crippen LogP contribution in [0.5, 0.6) is 0 Å². The van der Waals surface area contributed by atoms with Crippen molar-refractivity contribution >= 4 is 11.6 Å². The Morgan fingerprint density at radius 1 is 1.14 bits per heavy atom. The zero-order valence-corrected chi connectivity index (χ0v) is 6.67. The Labute approximate surface area is 76.2 Å². The van der Waals surface area contributed by atoms with Gasteiger partial charge in [0, 0.05) is 0 Å². The number of rotatable bonds is 0. The number of ketones is 2. The van der Waals surface area contributed by atoms with Crippen LogP contribution < -0.4 is 5.56 Å². The lowest BCUT2D eigenvalue weighted by atomic mass is 10.0. The number of carbonyl (C=O) groups is 2. The van der Waals surface area contributed by atoms with E-state index < -0.39 is 22.7 Å². The van der Waals surface area contributed by atoms with Gasteiger partial charge < -0.3 is 5.21 Å². The fourth-order valence-electron chi connectivity index (χ4n) is 1.09. The maximum atomic E-state index is 11.2. The number of allylic oxidation sites excluding steroid dienone is 2. The minimum atomic E-state index is -1.04. The Balaban J connectivity index is 2.86. The first-order valence-corrected chi connectivity index (χ1v) is 3.57. The summed E-state index contributed by atoms with van der Waals surface area (Å²) >= 11 is 0. The molecule has 1 aliphatic rings. The van der Waals surface area contributed by atoms with Gasteiger partial charge >= 0.3 is 5.56 Å². The molecule has 1 aliphatic carbocycles. The highest BCUT2D eigenvalue weighted by Gasteiger charge is 2.25. The molecule has 0 spiro atoms. The first kappa shape index (κ1) is 8.30. The second kappa shape index (κ2) is 2.59. The quantitative estimate of drug-likeness (QED) is 0.520. The summed E-state index contributed by atoms with van der Waals surface area (Å²) in [6.07, 6.45) is 1.95. The van der Waals surface area contributed by atoms with Gasteiger partial charge in [-0.2, -0.15) is 0 Å². The molecule has 0 aromatic carbocycles. The molecule has 7 heteroatoms. The largest absolute Gasteiger partial charge is 0.407 e. The first-order chi connectivity index (χ1) is 6.61. The molecule has 0 amide bonds. The molecule has 0 aliphatic heterocycles. The van der Waals surface area contributed by atoms with Crippen molar-refractivity contribution in [2.45, 2.75) is 0 Å². The summed E-state index contributed by atoms with van der Waals surface area (Å²) in [5.74, 6) is -1.24. The summed E-state index contributed by atoms with van der Waals surface area (Å²) in [5.41, 5.74) is -1.82. The van der Waals surface area contributed by atoms with Crippen LogP contribution in [0.2, 0.25) is 0 Å². The molecule has 1 aromatic rings. The summed E-state index contributed by atoms with van der Waals surface area (Å²) in [5, 5.41) is 15.1. The molecular formula is C7H3N3O4. The third-order valence-electron chi connectivity index (χ3n) is 1.73. The van der Waals surface area contributed by atoms with Crippen molar-refractivity contribution in [1.29, 1.82) is 0 Å². The SMILES string of the molecule is O=C1C=CC(=O)c2c1nnn(O)c2=O. The predicted molar refractivity (Wildman–Crippen MR) is 41.3 cm³/mol. The molecule has 2 rings (SSSR count). The molecule has 7 nitrogen and oxygen atoms in total. The molecule has 1 N–H and O–H groups in total. The Kier molecular flexibility index (Phi) is 1.53. The molecule has 1 heterocycles. The van der Waals surface area contributed by atoms with Crippen LogP contribution in [-0.2, 0) is 0 Å². The molecule has 0 radical (unpaired) electrons. The maximum absolute atomic E-state index is 11.2. The van der Waals surface area contributed by atoms with Gasteiger partial charge in [-0.25, -0.2) is 0 Å². The normalized spacial score (nSPS) is 14.3. The zero-order valence-electron chi connectivity index (χ0n) is 6.67. The van der Waals surface area contributed by atoms with Gasteiger partial charge in [0.2, 0.25) is 5.78 Å². The number of hydrogen-bond acceptors (Lipinski definition) is 6. The minimum absolute atomic E-state index is 0.0802. The van der Waals surface area contributed by atoms with Gasteiger partial charge in [-0.3, -0.25) is 14.4 Å². The van der Waals surface area contributed by atoms with Crippen molar-refractivity contribution in [3.63, 3.8) is 0 Å². The minimum Gasteiger partial charge on any atom is -0.407 e. The maximum Gasteiger partial charge on any atom is 0.318 e. The molecular weight excluding hydrogens is 190 g/mol. The summed E-state index contributed by atoms with van der Waals surface area (Å²) < 4.78 is 0. The highest BCUT2D eigenvalue weighted by molar-refractivity contribution is 6.20. The molecule has 0 saturated carbocycles. The average Bonchev–Trinajstić information content (AvgIpc) is 2.16. The molecule has 14 heavy (non-hydrogen) atoms. The van der Waals surface area contributed by atoms with Crippen LogP contribution in [0.3, 0.4) is 0 Å². The van der Waals surface area contributed by atoms with Gasteiger partial charge in [-0.15, -0.1) is 5.10 Å². The molecule has 1 aromatic heterocycles. The topological polar surface area (TPSA) is 102 Å². The molecule has 0 fully saturated rings. The van der Waals surface area contributed by atoms with E-state index in [9.17, 15) is 14.4 Å². The summed E-state index contributed by atoms with van der Waals surface area (Å²) in [4.78, 5) is 33.4. The van der Waals surface area contributed by atoms with E-state index in [4.69, 9.17) is 5.21 Å². The van der Waals surface area contributed by atoms with Crippen molar-refractivity contribution in [2.75, 3.05) is 0 Å². The van der Waals surface area contributed by atoms with Crippen molar-refractivity contribution < 1.29 is 14.8 Å². The van der Waals surface area contributed by atoms with E-state index in [0.29, 0.717) is 0 Å². The number of aromatic nitrogens is 3. The van der Waals surface area contributed by atoms with Gasteiger partial charge in [0.1, 0.15) is 5.56 Å². The lowest BCUT2D eigenvalue weighted by Gasteiger charge is -2.05. The smallest absolute Gasteiger partial charge is 0.318 e. The number of hydrogen-bond donors (Lipinski definition) is 1. The molecule has 0 saturated heterocycles. The predicted octanol–water partition coefficient (Wildman–Crippen LogP) is -1.19. The van der Waals surface area contributed by atoms with E-state index in [0.717, 1.165) is 12.2 Å². The van der Waals surface area contributed by atoms with Crippen LogP contribution >= 0.6 is 0 Å². The summed E-state index contributed by atoms with van der Waals surface area (Å²) in [7, 11) is 0. The summed E-state index contributed by atoms with van der Waals surface area (Å²) in [6.45, 7) is 0. The molecule has 70 valence electrons. The van der Waals surface area contributed by atoms with Crippen LogP contribution in [0.15, 0.2) is 16.9 Å². The Hall–Kier alpha value is -2.31. The van der Waals surface area contributed by atoms with Crippen molar-refractivity contribution in [3.8, 4) is 0 Å². The Morgan fingerprint density at radius 3 is 2.50 bits per heavy atom. The van der Waals surface area contributed by atoms with Gasteiger partial charge in [0.15, 0.2) is 11.5 Å². The van der Waals surface area contributed by atoms with Crippen molar-refractivity contribution in [2.24, 2.45) is 0 Å². The van der Waals surface area contributed by atoms with Crippen LogP contribution in [0.4, 0.5) is 0 Å². The van der Waals surface area contributed by atoms with Crippen molar-refractivity contribution in [3.05, 3.63) is 33.8 Å². The van der Waals surface area contributed by atoms with Gasteiger partial charge in [-0.05, 0) is 22.2 Å². The van der Waals surface area contributed by atoms with E-state index in [1.54, 1.807) is 0 Å². The molecule has 0 atom stereocenters. The first-order valence-electron chi connectivity index (χ1n) is 3.57. The Morgan fingerprint density at radius 2 is 1.79 bits per heavy atom. The number of nitrogens with zero attached hydrogens (tertiary/aromatic N) is 3. The lowest BCUT2D eigenvalue weighted by molar-refractivity contribution is 0.0951. The number of carbonyl (C=O) groups excluding carboxylic acids is 2. The fourth-order valence-corrected chi connectivity index (χ4v) is 1.09. The standard InChI is InChI=1S/C7H3N3O4/c11-3-1-2-4(12)6-5(3)7(13)10(14)9-8-6/h1-2,14H. The molecule has 0 bridgehead atoms. The fraction of sp³-hybridized carbons (Fsp3) is 0. The third kappa shape index (κ3) is 0.954. The van der Waals surface area contributed by atoms with Crippen LogP contribution in [0.1, 0.15) is 20.8 Å². The van der Waals surface area contributed by atoms with Gasteiger partial charge in [0.05, 0.1) is 0 Å². The van der Waals surface area contributed by atoms with E-state index >= 15 is 0 Å². The lowest BCUT2D eigenvalue weighted by Crippen LogP contribution is -2.32. The zero-order chi connectivity index (χ0) is 10.3. The second-order valence-corrected chi connectivity index (χ2v) is 2.57. The van der Waals surface area contributed by atoms with Crippen LogP contribution in [-0.4, -0.2) is 31.9 Å². The second-order valence-electron chi connectivity index (χ2n) is 2.57. The van der Waals surface area contributed by atoms with Crippen LogP contribution in [0, 0.1) is 0 Å². The van der Waals surface area contributed by atoms with E-state index in [2.05, 4.69) is 10.3 Å². The average molecular weight is 193 g/mol.